The van der Waals surface area contributed by atoms with Gasteiger partial charge in [0, 0.05) is 14.2 Å². The van der Waals surface area contributed by atoms with E-state index in [2.05, 4.69) is 27.7 Å². The highest BCUT2D eigenvalue weighted by Gasteiger charge is 2.08. The van der Waals surface area contributed by atoms with Crippen molar-refractivity contribution in [2.75, 3.05) is 0 Å². The van der Waals surface area contributed by atoms with E-state index in [-0.39, 0.29) is 5.84 Å². The third-order valence-corrected chi connectivity index (χ3v) is 3.35. The molecule has 0 saturated heterocycles. The predicted octanol–water partition coefficient (Wildman–Crippen LogP) is 3.42. The van der Waals surface area contributed by atoms with Gasteiger partial charge in [-0.05, 0) is 65.1 Å². The normalized spacial score (nSPS) is 11.2. The first kappa shape index (κ1) is 14.8. The van der Waals surface area contributed by atoms with E-state index in [4.69, 9.17) is 22.2 Å². The van der Waals surface area contributed by atoms with Gasteiger partial charge in [-0.1, -0.05) is 22.8 Å². The Balaban J connectivity index is 2.08. The van der Waals surface area contributed by atoms with E-state index in [1.165, 1.54) is 0 Å². The average Bonchev–Trinajstić information content (AvgIpc) is 2.45. The van der Waals surface area contributed by atoms with Crippen molar-refractivity contribution in [3.05, 3.63) is 68.3 Å². The molecule has 0 atom stereocenters. The smallest absolute Gasteiger partial charge is 0.365 e. The number of halogens is 2. The zero-order valence-electron chi connectivity index (χ0n) is 10.2. The lowest BCUT2D eigenvalue weighted by atomic mass is 10.2. The number of nitrogens with zero attached hydrogens (tertiary/aromatic N) is 1. The minimum atomic E-state index is -0.555. The number of rotatable bonds is 3. The number of hydrogen-bond acceptors (Lipinski definition) is 3. The minimum Gasteiger partial charge on any atom is -0.380 e. The second-order valence-corrected chi connectivity index (χ2v) is 5.55. The highest BCUT2D eigenvalue weighted by Crippen LogP contribution is 2.11. The molecule has 0 bridgehead atoms. The van der Waals surface area contributed by atoms with Crippen molar-refractivity contribution in [2.45, 2.75) is 0 Å². The van der Waals surface area contributed by atoms with Gasteiger partial charge in [0.25, 0.3) is 0 Å². The third kappa shape index (κ3) is 3.94. The van der Waals surface area contributed by atoms with E-state index in [1.807, 2.05) is 6.07 Å². The van der Waals surface area contributed by atoms with Crippen LogP contribution < -0.4 is 5.73 Å². The molecule has 0 spiro atoms. The van der Waals surface area contributed by atoms with Crippen LogP contribution in [0.4, 0.5) is 0 Å². The lowest BCUT2D eigenvalue weighted by molar-refractivity contribution is 0.0516. The van der Waals surface area contributed by atoms with Crippen LogP contribution in [0.1, 0.15) is 15.9 Å². The Kier molecular flexibility index (Phi) is 4.97. The van der Waals surface area contributed by atoms with Crippen LogP contribution in [0.2, 0.25) is 5.02 Å². The van der Waals surface area contributed by atoms with Gasteiger partial charge in [0.15, 0.2) is 5.84 Å². The van der Waals surface area contributed by atoms with Crippen molar-refractivity contribution >= 4 is 46.0 Å². The van der Waals surface area contributed by atoms with Gasteiger partial charge in [0.1, 0.15) is 0 Å². The fourth-order valence-corrected chi connectivity index (χ4v) is 2.10. The van der Waals surface area contributed by atoms with Crippen molar-refractivity contribution in [1.29, 1.82) is 0 Å². The molecular weight excluding hydrogens is 391 g/mol. The van der Waals surface area contributed by atoms with Crippen LogP contribution in [-0.4, -0.2) is 11.8 Å². The molecule has 2 N–H and O–H groups in total. The molecule has 0 aliphatic rings. The molecule has 2 rings (SSSR count). The second-order valence-electron chi connectivity index (χ2n) is 3.87. The van der Waals surface area contributed by atoms with Gasteiger partial charge >= 0.3 is 5.97 Å². The molecule has 2 aromatic rings. The summed E-state index contributed by atoms with van der Waals surface area (Å²) in [6, 6.07) is 13.8. The summed E-state index contributed by atoms with van der Waals surface area (Å²) >= 11 is 7.88. The number of nitrogens with two attached hydrogens (primary N) is 1. The fourth-order valence-electron chi connectivity index (χ4n) is 1.43. The molecule has 2 aromatic carbocycles. The molecule has 0 heterocycles. The molecule has 0 radical (unpaired) electrons. The van der Waals surface area contributed by atoms with E-state index in [9.17, 15) is 4.79 Å². The van der Waals surface area contributed by atoms with Crippen molar-refractivity contribution in [3.63, 3.8) is 0 Å². The summed E-state index contributed by atoms with van der Waals surface area (Å²) in [4.78, 5) is 16.6. The molecule has 0 aromatic heterocycles. The number of carbonyl (C=O) groups excluding carboxylic acids is 1. The van der Waals surface area contributed by atoms with Crippen LogP contribution in [0.5, 0.6) is 0 Å². The molecule has 4 nitrogen and oxygen atoms in total. The van der Waals surface area contributed by atoms with Crippen LogP contribution in [0.3, 0.4) is 0 Å². The van der Waals surface area contributed by atoms with Crippen LogP contribution in [0.25, 0.3) is 0 Å². The predicted molar refractivity (Wildman–Crippen MR) is 86.8 cm³/mol. The maximum absolute atomic E-state index is 11.8. The molecule has 0 aliphatic heterocycles. The Morgan fingerprint density at radius 2 is 1.85 bits per heavy atom. The topological polar surface area (TPSA) is 64.7 Å². The highest BCUT2D eigenvalue weighted by molar-refractivity contribution is 14.1. The average molecular weight is 401 g/mol. The zero-order chi connectivity index (χ0) is 14.5. The zero-order valence-corrected chi connectivity index (χ0v) is 13.1. The van der Waals surface area contributed by atoms with Gasteiger partial charge < -0.3 is 10.6 Å². The van der Waals surface area contributed by atoms with E-state index < -0.39 is 5.97 Å². The van der Waals surface area contributed by atoms with E-state index >= 15 is 0 Å². The molecule has 0 aliphatic carbocycles. The monoisotopic (exact) mass is 400 g/mol. The Labute approximate surface area is 134 Å². The summed E-state index contributed by atoms with van der Waals surface area (Å²) < 4.78 is 0.937. The Bertz CT molecular complexity index is 656. The first-order chi connectivity index (χ1) is 9.56. The van der Waals surface area contributed by atoms with Crippen LogP contribution in [0, 0.1) is 3.57 Å². The highest BCUT2D eigenvalue weighted by atomic mass is 127. The molecule has 0 fully saturated rings. The van der Waals surface area contributed by atoms with E-state index in [0.29, 0.717) is 16.1 Å². The van der Waals surface area contributed by atoms with Gasteiger partial charge in [0.2, 0.25) is 0 Å². The standard InChI is InChI=1S/C14H10ClIN2O2/c15-11-6-4-9(5-7-11)13(17)18-20-14(19)10-2-1-3-12(16)8-10/h1-8H,(H2,17,18). The lowest BCUT2D eigenvalue weighted by Crippen LogP contribution is -2.15. The first-order valence-corrected chi connectivity index (χ1v) is 7.08. The first-order valence-electron chi connectivity index (χ1n) is 5.62. The number of carbonyl (C=O) groups is 1. The Hall–Kier alpha value is -1.60. The van der Waals surface area contributed by atoms with Crippen molar-refractivity contribution in [1.82, 2.24) is 0 Å². The maximum atomic E-state index is 11.8. The van der Waals surface area contributed by atoms with Gasteiger partial charge in [-0.25, -0.2) is 4.79 Å². The summed E-state index contributed by atoms with van der Waals surface area (Å²) in [6.07, 6.45) is 0. The van der Waals surface area contributed by atoms with Gasteiger partial charge in [0.05, 0.1) is 5.56 Å². The van der Waals surface area contributed by atoms with Crippen LogP contribution in [0.15, 0.2) is 53.7 Å². The Morgan fingerprint density at radius 1 is 1.15 bits per heavy atom. The molecule has 0 saturated carbocycles. The van der Waals surface area contributed by atoms with Gasteiger partial charge in [-0.3, -0.25) is 0 Å². The van der Waals surface area contributed by atoms with Crippen LogP contribution in [-0.2, 0) is 4.84 Å². The number of oxime groups is 1. The van der Waals surface area contributed by atoms with Crippen LogP contribution >= 0.6 is 34.2 Å². The maximum Gasteiger partial charge on any atom is 0.365 e. The summed E-state index contributed by atoms with van der Waals surface area (Å²) in [5.74, 6) is -0.443. The fraction of sp³-hybridized carbons (Fsp3) is 0. The SMILES string of the molecule is NC(=NOC(=O)c1cccc(I)c1)c1ccc(Cl)cc1. The molecule has 102 valence electrons. The molecule has 6 heteroatoms. The van der Waals surface area contributed by atoms with E-state index in [1.54, 1.807) is 42.5 Å². The third-order valence-electron chi connectivity index (χ3n) is 2.43. The Morgan fingerprint density at radius 3 is 2.50 bits per heavy atom. The number of hydrogen-bond donors (Lipinski definition) is 1. The summed E-state index contributed by atoms with van der Waals surface area (Å²) in [5, 5.41) is 4.22. The summed E-state index contributed by atoms with van der Waals surface area (Å²) in [5.41, 5.74) is 6.78. The molecule has 0 unspecified atom stereocenters. The van der Waals surface area contributed by atoms with Crippen molar-refractivity contribution in [2.24, 2.45) is 10.9 Å². The number of amidine groups is 1. The minimum absolute atomic E-state index is 0.112. The molecule has 20 heavy (non-hydrogen) atoms. The lowest BCUT2D eigenvalue weighted by Gasteiger charge is -2.02. The van der Waals surface area contributed by atoms with Crippen molar-refractivity contribution < 1.29 is 9.63 Å². The van der Waals surface area contributed by atoms with Gasteiger partial charge in [-0.2, -0.15) is 0 Å². The summed E-state index contributed by atoms with van der Waals surface area (Å²) in [7, 11) is 0. The molecular formula is C14H10ClIN2O2. The van der Waals surface area contributed by atoms with Crippen molar-refractivity contribution in [3.8, 4) is 0 Å². The quantitative estimate of drug-likeness (QED) is 0.282. The van der Waals surface area contributed by atoms with E-state index in [0.717, 1.165) is 3.57 Å². The number of benzene rings is 2. The van der Waals surface area contributed by atoms with Gasteiger partial charge in [-0.15, -0.1) is 0 Å². The molecule has 0 amide bonds. The second kappa shape index (κ2) is 6.71. The summed E-state index contributed by atoms with van der Waals surface area (Å²) in [6.45, 7) is 0. The largest absolute Gasteiger partial charge is 0.380 e.